The molecule has 1 aromatic carbocycles. The third-order valence-electron chi connectivity index (χ3n) is 3.58. The molecular formula is C14H21NO. The summed E-state index contributed by atoms with van der Waals surface area (Å²) in [5, 5.41) is 12.6. The summed E-state index contributed by atoms with van der Waals surface area (Å²) in [6.45, 7) is 5.60. The molecule has 1 saturated heterocycles. The maximum Gasteiger partial charge on any atom is 0.0584 e. The van der Waals surface area contributed by atoms with E-state index in [2.05, 4.69) is 37.4 Å². The standard InChI is InChI=1S/C14H21NO/c1-10-3-4-14(11(2)7-10)12-5-6-15-13(8-12)9-16/h3-4,7,12-13,15-16H,5-6,8-9H2,1-2H3. The summed E-state index contributed by atoms with van der Waals surface area (Å²) in [7, 11) is 0. The molecule has 0 radical (unpaired) electrons. The van der Waals surface area contributed by atoms with Gasteiger partial charge >= 0.3 is 0 Å². The van der Waals surface area contributed by atoms with Crippen LogP contribution in [0.2, 0.25) is 0 Å². The fourth-order valence-corrected chi connectivity index (χ4v) is 2.71. The molecule has 2 unspecified atom stereocenters. The molecule has 0 aliphatic carbocycles. The van der Waals surface area contributed by atoms with Crippen molar-refractivity contribution in [2.45, 2.75) is 38.6 Å². The number of hydrogen-bond donors (Lipinski definition) is 2. The topological polar surface area (TPSA) is 32.3 Å². The number of nitrogens with one attached hydrogen (secondary N) is 1. The monoisotopic (exact) mass is 219 g/mol. The van der Waals surface area contributed by atoms with Gasteiger partial charge in [0, 0.05) is 6.04 Å². The molecule has 0 aromatic heterocycles. The van der Waals surface area contributed by atoms with Crippen LogP contribution in [0.3, 0.4) is 0 Å². The Hall–Kier alpha value is -0.860. The molecule has 1 aliphatic heterocycles. The van der Waals surface area contributed by atoms with E-state index in [0.717, 1.165) is 13.0 Å². The molecule has 0 amide bonds. The van der Waals surface area contributed by atoms with Gasteiger partial charge in [-0.2, -0.15) is 0 Å². The molecule has 0 spiro atoms. The van der Waals surface area contributed by atoms with Gasteiger partial charge in [-0.3, -0.25) is 0 Å². The lowest BCUT2D eigenvalue weighted by atomic mass is 9.84. The van der Waals surface area contributed by atoms with E-state index in [-0.39, 0.29) is 12.6 Å². The van der Waals surface area contributed by atoms with Crippen molar-refractivity contribution >= 4 is 0 Å². The predicted octanol–water partition coefficient (Wildman–Crippen LogP) is 2.13. The van der Waals surface area contributed by atoms with Crippen LogP contribution < -0.4 is 5.32 Å². The zero-order valence-corrected chi connectivity index (χ0v) is 10.2. The second-order valence-electron chi connectivity index (χ2n) is 4.91. The first-order chi connectivity index (χ1) is 7.70. The minimum atomic E-state index is 0.251. The third-order valence-corrected chi connectivity index (χ3v) is 3.58. The minimum Gasteiger partial charge on any atom is -0.395 e. The molecule has 1 fully saturated rings. The maximum atomic E-state index is 9.21. The highest BCUT2D eigenvalue weighted by atomic mass is 16.3. The summed E-state index contributed by atoms with van der Waals surface area (Å²) in [5.74, 6) is 0.610. The van der Waals surface area contributed by atoms with Gasteiger partial charge in [0.1, 0.15) is 0 Å². The van der Waals surface area contributed by atoms with Gasteiger partial charge in [0.25, 0.3) is 0 Å². The van der Waals surface area contributed by atoms with Gasteiger partial charge in [-0.1, -0.05) is 23.8 Å². The quantitative estimate of drug-likeness (QED) is 0.798. The van der Waals surface area contributed by atoms with Crippen LogP contribution in [-0.4, -0.2) is 24.3 Å². The highest BCUT2D eigenvalue weighted by molar-refractivity contribution is 5.33. The fraction of sp³-hybridized carbons (Fsp3) is 0.571. The predicted molar refractivity (Wildman–Crippen MR) is 66.8 cm³/mol. The second-order valence-corrected chi connectivity index (χ2v) is 4.91. The van der Waals surface area contributed by atoms with Crippen molar-refractivity contribution in [2.24, 2.45) is 0 Å². The normalized spacial score (nSPS) is 25.7. The summed E-state index contributed by atoms with van der Waals surface area (Å²) in [6.07, 6.45) is 2.24. The Kier molecular flexibility index (Phi) is 3.62. The van der Waals surface area contributed by atoms with E-state index in [9.17, 15) is 5.11 Å². The molecule has 2 nitrogen and oxygen atoms in total. The number of benzene rings is 1. The molecule has 88 valence electrons. The average Bonchev–Trinajstić information content (AvgIpc) is 2.29. The number of hydrogen-bond acceptors (Lipinski definition) is 2. The van der Waals surface area contributed by atoms with E-state index in [1.54, 1.807) is 0 Å². The van der Waals surface area contributed by atoms with Gasteiger partial charge < -0.3 is 10.4 Å². The van der Waals surface area contributed by atoms with Crippen molar-refractivity contribution in [3.8, 4) is 0 Å². The highest BCUT2D eigenvalue weighted by Gasteiger charge is 2.22. The number of piperidine rings is 1. The van der Waals surface area contributed by atoms with Crippen molar-refractivity contribution in [3.05, 3.63) is 34.9 Å². The van der Waals surface area contributed by atoms with Crippen molar-refractivity contribution < 1.29 is 5.11 Å². The summed E-state index contributed by atoms with van der Waals surface area (Å²) < 4.78 is 0. The molecule has 1 aliphatic rings. The van der Waals surface area contributed by atoms with E-state index >= 15 is 0 Å². The molecule has 0 bridgehead atoms. The Labute approximate surface area is 97.7 Å². The summed E-state index contributed by atoms with van der Waals surface area (Å²) in [5.41, 5.74) is 4.18. The van der Waals surface area contributed by atoms with Gasteiger partial charge in [-0.05, 0) is 50.3 Å². The molecule has 2 rings (SSSR count). The summed E-state index contributed by atoms with van der Waals surface area (Å²) in [6, 6.07) is 6.98. The molecule has 0 saturated carbocycles. The molecule has 16 heavy (non-hydrogen) atoms. The summed E-state index contributed by atoms with van der Waals surface area (Å²) in [4.78, 5) is 0. The van der Waals surface area contributed by atoms with Crippen LogP contribution >= 0.6 is 0 Å². The van der Waals surface area contributed by atoms with Crippen LogP contribution in [0, 0.1) is 13.8 Å². The number of aryl methyl sites for hydroxylation is 2. The average molecular weight is 219 g/mol. The molecule has 2 heteroatoms. The van der Waals surface area contributed by atoms with E-state index in [1.807, 2.05) is 0 Å². The lowest BCUT2D eigenvalue weighted by molar-refractivity contribution is 0.210. The number of rotatable bonds is 2. The largest absolute Gasteiger partial charge is 0.395 e. The smallest absolute Gasteiger partial charge is 0.0584 e. The summed E-state index contributed by atoms with van der Waals surface area (Å²) >= 11 is 0. The van der Waals surface area contributed by atoms with Crippen molar-refractivity contribution in [1.29, 1.82) is 0 Å². The third kappa shape index (κ3) is 2.45. The molecule has 2 N–H and O–H groups in total. The number of aliphatic hydroxyl groups is 1. The van der Waals surface area contributed by atoms with Gasteiger partial charge in [-0.15, -0.1) is 0 Å². The fourth-order valence-electron chi connectivity index (χ4n) is 2.71. The zero-order valence-electron chi connectivity index (χ0n) is 10.2. The van der Waals surface area contributed by atoms with Gasteiger partial charge in [0.05, 0.1) is 6.61 Å². The van der Waals surface area contributed by atoms with E-state index < -0.39 is 0 Å². The first-order valence-electron chi connectivity index (χ1n) is 6.12. The first-order valence-corrected chi connectivity index (χ1v) is 6.12. The Balaban J connectivity index is 2.16. The Morgan fingerprint density at radius 2 is 2.19 bits per heavy atom. The molecule has 2 atom stereocenters. The van der Waals surface area contributed by atoms with Crippen LogP contribution in [0.4, 0.5) is 0 Å². The van der Waals surface area contributed by atoms with Gasteiger partial charge in [0.15, 0.2) is 0 Å². The maximum absolute atomic E-state index is 9.21. The van der Waals surface area contributed by atoms with E-state index in [4.69, 9.17) is 0 Å². The lowest BCUT2D eigenvalue weighted by Crippen LogP contribution is -2.39. The van der Waals surface area contributed by atoms with Crippen LogP contribution in [0.5, 0.6) is 0 Å². The minimum absolute atomic E-state index is 0.251. The van der Waals surface area contributed by atoms with Crippen LogP contribution in [0.15, 0.2) is 18.2 Å². The van der Waals surface area contributed by atoms with E-state index in [0.29, 0.717) is 5.92 Å². The SMILES string of the molecule is Cc1ccc(C2CCNC(CO)C2)c(C)c1. The molecule has 1 heterocycles. The zero-order chi connectivity index (χ0) is 11.5. The molecular weight excluding hydrogens is 198 g/mol. The molecule has 1 aromatic rings. The van der Waals surface area contributed by atoms with Crippen molar-refractivity contribution in [2.75, 3.05) is 13.2 Å². The van der Waals surface area contributed by atoms with Gasteiger partial charge in [0.2, 0.25) is 0 Å². The Bertz CT molecular complexity index is 362. The van der Waals surface area contributed by atoms with Crippen LogP contribution in [0.1, 0.15) is 35.4 Å². The highest BCUT2D eigenvalue weighted by Crippen LogP contribution is 2.30. The van der Waals surface area contributed by atoms with Crippen molar-refractivity contribution in [1.82, 2.24) is 5.32 Å². The Morgan fingerprint density at radius 1 is 1.38 bits per heavy atom. The number of aliphatic hydroxyl groups excluding tert-OH is 1. The first kappa shape index (κ1) is 11.6. The van der Waals surface area contributed by atoms with E-state index in [1.165, 1.54) is 23.1 Å². The Morgan fingerprint density at radius 3 is 2.88 bits per heavy atom. The van der Waals surface area contributed by atoms with Crippen LogP contribution in [-0.2, 0) is 0 Å². The van der Waals surface area contributed by atoms with Crippen molar-refractivity contribution in [3.63, 3.8) is 0 Å². The lowest BCUT2D eigenvalue weighted by Gasteiger charge is -2.30. The van der Waals surface area contributed by atoms with Crippen LogP contribution in [0.25, 0.3) is 0 Å². The van der Waals surface area contributed by atoms with Gasteiger partial charge in [-0.25, -0.2) is 0 Å². The second kappa shape index (κ2) is 4.98.